The van der Waals surface area contributed by atoms with Crippen molar-refractivity contribution in [2.24, 2.45) is 5.10 Å². The molecule has 1 aromatic rings. The van der Waals surface area contributed by atoms with Gasteiger partial charge in [-0.25, -0.2) is 4.79 Å². The van der Waals surface area contributed by atoms with Gasteiger partial charge in [0.05, 0.1) is 0 Å². The minimum atomic E-state index is -2.13. The van der Waals surface area contributed by atoms with Crippen LogP contribution in [0.1, 0.15) is 19.8 Å². The van der Waals surface area contributed by atoms with Crippen molar-refractivity contribution in [3.63, 3.8) is 0 Å². The topological polar surface area (TPSA) is 73.3 Å². The van der Waals surface area contributed by atoms with Gasteiger partial charge in [0.1, 0.15) is 11.9 Å². The summed E-state index contributed by atoms with van der Waals surface area (Å²) in [6.07, 6.45) is 0.730. The summed E-state index contributed by atoms with van der Waals surface area (Å²) in [5, 5.41) is 5.10. The van der Waals surface area contributed by atoms with Gasteiger partial charge in [-0.1, -0.05) is 37.8 Å². The molecule has 0 aliphatic carbocycles. The van der Waals surface area contributed by atoms with Gasteiger partial charge in [0.2, 0.25) is 5.91 Å². The number of hydrogen-bond donors (Lipinski definition) is 0. The van der Waals surface area contributed by atoms with Crippen molar-refractivity contribution in [1.82, 2.24) is 9.91 Å². The van der Waals surface area contributed by atoms with E-state index in [0.29, 0.717) is 18.7 Å². The molecule has 1 unspecified atom stereocenters. The molecule has 4 amide bonds. The van der Waals surface area contributed by atoms with Crippen molar-refractivity contribution in [2.45, 2.75) is 45.4 Å². The SMILES string of the molecule is CC1=NN(C(=O)N(c2ccccc2)[Si](C)(C)C)C(=O)C2CCC(=O)N12. The van der Waals surface area contributed by atoms with Crippen LogP contribution in [0.15, 0.2) is 35.4 Å². The minimum Gasteiger partial charge on any atom is -0.321 e. The number of benzene rings is 1. The summed E-state index contributed by atoms with van der Waals surface area (Å²) in [5.41, 5.74) is 0.747. The molecule has 3 rings (SSSR count). The number of hydrogen-bond acceptors (Lipinski definition) is 4. The standard InChI is InChI=1S/C17H22N4O3Si/c1-12-18-20(16(23)14-10-11-15(22)19(12)14)17(24)21(25(2,3)4)13-8-6-5-7-9-13/h5-9,14H,10-11H2,1-4H3. The van der Waals surface area contributed by atoms with E-state index in [4.69, 9.17) is 0 Å². The molecule has 1 saturated heterocycles. The number of hydrazone groups is 1. The van der Waals surface area contributed by atoms with Gasteiger partial charge in [-0.05, 0) is 25.5 Å². The Morgan fingerprint density at radius 1 is 1.20 bits per heavy atom. The molecule has 132 valence electrons. The predicted octanol–water partition coefficient (Wildman–Crippen LogP) is 2.61. The molecule has 2 aliphatic rings. The lowest BCUT2D eigenvalue weighted by molar-refractivity contribution is -0.137. The zero-order valence-electron chi connectivity index (χ0n) is 14.9. The second kappa shape index (κ2) is 6.11. The highest BCUT2D eigenvalue weighted by molar-refractivity contribution is 6.83. The van der Waals surface area contributed by atoms with Gasteiger partial charge in [0.25, 0.3) is 5.91 Å². The molecule has 2 aliphatic heterocycles. The number of amidine groups is 1. The monoisotopic (exact) mass is 358 g/mol. The maximum absolute atomic E-state index is 13.2. The fourth-order valence-corrected chi connectivity index (χ4v) is 4.89. The van der Waals surface area contributed by atoms with Crippen LogP contribution in [0.25, 0.3) is 0 Å². The van der Waals surface area contributed by atoms with E-state index in [9.17, 15) is 14.4 Å². The first-order chi connectivity index (χ1) is 11.7. The highest BCUT2D eigenvalue weighted by Gasteiger charge is 2.47. The minimum absolute atomic E-state index is 0.114. The first-order valence-corrected chi connectivity index (χ1v) is 11.8. The van der Waals surface area contributed by atoms with Crippen LogP contribution < -0.4 is 4.57 Å². The Hall–Kier alpha value is -2.48. The Bertz CT molecular complexity index is 757. The van der Waals surface area contributed by atoms with Crippen LogP contribution in [0.5, 0.6) is 0 Å². The van der Waals surface area contributed by atoms with Crippen LogP contribution in [0.2, 0.25) is 19.6 Å². The summed E-state index contributed by atoms with van der Waals surface area (Å²) in [7, 11) is -2.13. The molecule has 25 heavy (non-hydrogen) atoms. The van der Waals surface area contributed by atoms with E-state index in [1.807, 2.05) is 50.0 Å². The van der Waals surface area contributed by atoms with E-state index in [1.54, 1.807) is 11.5 Å². The van der Waals surface area contributed by atoms with E-state index in [2.05, 4.69) is 5.10 Å². The van der Waals surface area contributed by atoms with Crippen LogP contribution >= 0.6 is 0 Å². The number of fused-ring (bicyclic) bond motifs is 1. The van der Waals surface area contributed by atoms with Crippen molar-refractivity contribution in [3.8, 4) is 0 Å². The molecule has 1 atom stereocenters. The number of nitrogens with zero attached hydrogens (tertiary/aromatic N) is 4. The highest BCUT2D eigenvalue weighted by Crippen LogP contribution is 2.29. The molecular formula is C17H22N4O3Si. The zero-order chi connectivity index (χ0) is 18.4. The highest BCUT2D eigenvalue weighted by atomic mass is 28.3. The molecule has 2 heterocycles. The maximum Gasteiger partial charge on any atom is 0.344 e. The van der Waals surface area contributed by atoms with Crippen molar-refractivity contribution in [2.75, 3.05) is 4.57 Å². The molecule has 8 heteroatoms. The Kier molecular flexibility index (Phi) is 4.24. The molecule has 7 nitrogen and oxygen atoms in total. The van der Waals surface area contributed by atoms with E-state index >= 15 is 0 Å². The molecule has 0 aromatic heterocycles. The largest absolute Gasteiger partial charge is 0.344 e. The van der Waals surface area contributed by atoms with Crippen molar-refractivity contribution in [1.29, 1.82) is 0 Å². The summed E-state index contributed by atoms with van der Waals surface area (Å²) in [4.78, 5) is 39.4. The second-order valence-corrected chi connectivity index (χ2v) is 12.0. The fourth-order valence-electron chi connectivity index (χ4n) is 3.30. The maximum atomic E-state index is 13.2. The Morgan fingerprint density at radius 2 is 1.84 bits per heavy atom. The third-order valence-corrected chi connectivity index (χ3v) is 6.15. The van der Waals surface area contributed by atoms with Gasteiger partial charge < -0.3 is 4.57 Å². The third kappa shape index (κ3) is 2.97. The summed E-state index contributed by atoms with van der Waals surface area (Å²) >= 11 is 0. The summed E-state index contributed by atoms with van der Waals surface area (Å²) in [5.74, 6) is -0.151. The summed E-state index contributed by atoms with van der Waals surface area (Å²) in [6.45, 7) is 7.77. The van der Waals surface area contributed by atoms with Gasteiger partial charge in [-0.15, -0.1) is 10.1 Å². The lowest BCUT2D eigenvalue weighted by atomic mass is 10.2. The fraction of sp³-hybridized carbons (Fsp3) is 0.412. The number of urea groups is 1. The van der Waals surface area contributed by atoms with Crippen molar-refractivity contribution in [3.05, 3.63) is 30.3 Å². The van der Waals surface area contributed by atoms with Gasteiger partial charge in [0, 0.05) is 12.1 Å². The first kappa shape index (κ1) is 17.3. The Balaban J connectivity index is 1.99. The molecule has 0 N–H and O–H groups in total. The molecule has 1 fully saturated rings. The number of imide groups is 1. The zero-order valence-corrected chi connectivity index (χ0v) is 15.9. The summed E-state index contributed by atoms with van der Waals surface area (Å²) in [6, 6.07) is 8.24. The predicted molar refractivity (Wildman–Crippen MR) is 97.5 cm³/mol. The summed E-state index contributed by atoms with van der Waals surface area (Å²) < 4.78 is 1.69. The lowest BCUT2D eigenvalue weighted by Gasteiger charge is -2.39. The van der Waals surface area contributed by atoms with Crippen LogP contribution in [0.3, 0.4) is 0 Å². The second-order valence-electron chi connectivity index (χ2n) is 7.24. The average molecular weight is 358 g/mol. The van der Waals surface area contributed by atoms with Gasteiger partial charge >= 0.3 is 6.03 Å². The van der Waals surface area contributed by atoms with Crippen LogP contribution in [0, 0.1) is 0 Å². The van der Waals surface area contributed by atoms with E-state index in [1.165, 1.54) is 4.90 Å². The number of carbonyl (C=O) groups is 3. The molecule has 0 spiro atoms. The molecular weight excluding hydrogens is 336 g/mol. The van der Waals surface area contributed by atoms with Crippen molar-refractivity contribution < 1.29 is 14.4 Å². The number of anilines is 1. The quantitative estimate of drug-likeness (QED) is 0.763. The Morgan fingerprint density at radius 3 is 2.44 bits per heavy atom. The van der Waals surface area contributed by atoms with E-state index in [0.717, 1.165) is 10.7 Å². The van der Waals surface area contributed by atoms with E-state index < -0.39 is 26.2 Å². The third-order valence-electron chi connectivity index (χ3n) is 4.36. The van der Waals surface area contributed by atoms with Gasteiger partial charge in [0.15, 0.2) is 8.24 Å². The van der Waals surface area contributed by atoms with Crippen LogP contribution in [-0.4, -0.2) is 47.9 Å². The number of para-hydroxylation sites is 1. The number of carbonyl (C=O) groups excluding carboxylic acids is 3. The van der Waals surface area contributed by atoms with Gasteiger partial charge in [-0.3, -0.25) is 14.5 Å². The molecule has 0 bridgehead atoms. The van der Waals surface area contributed by atoms with Crippen LogP contribution in [-0.2, 0) is 9.59 Å². The van der Waals surface area contributed by atoms with Crippen LogP contribution in [0.4, 0.5) is 10.5 Å². The average Bonchev–Trinajstić information content (AvgIpc) is 2.93. The molecule has 0 saturated carbocycles. The normalized spacial score (nSPS) is 20.5. The smallest absolute Gasteiger partial charge is 0.321 e. The lowest BCUT2D eigenvalue weighted by Crippen LogP contribution is -2.60. The Labute approximate surface area is 148 Å². The van der Waals surface area contributed by atoms with E-state index in [-0.39, 0.29) is 5.91 Å². The van der Waals surface area contributed by atoms with Gasteiger partial charge in [-0.2, -0.15) is 0 Å². The number of amides is 4. The number of rotatable bonds is 2. The molecule has 0 radical (unpaired) electrons. The molecule has 1 aromatic carbocycles. The van der Waals surface area contributed by atoms with Crippen molar-refractivity contribution >= 4 is 37.6 Å². The first-order valence-electron chi connectivity index (χ1n) is 8.32.